The van der Waals surface area contributed by atoms with Gasteiger partial charge in [-0.05, 0) is 36.6 Å². The van der Waals surface area contributed by atoms with Crippen molar-refractivity contribution in [2.75, 3.05) is 18.4 Å². The number of nitrogens with one attached hydrogen (secondary N) is 3. The Hall–Kier alpha value is -3.06. The van der Waals surface area contributed by atoms with Crippen LogP contribution in [-0.4, -0.2) is 41.7 Å². The average Bonchev–Trinajstić information content (AvgIpc) is 2.71. The number of carbonyl (C=O) groups is 2. The zero-order valence-corrected chi connectivity index (χ0v) is 17.1. The Kier molecular flexibility index (Phi) is 7.61. The molecule has 1 unspecified atom stereocenters. The lowest BCUT2D eigenvalue weighted by atomic mass is 10.00. The first-order valence-corrected chi connectivity index (χ1v) is 9.27. The molecule has 5 N–H and O–H groups in total. The van der Waals surface area contributed by atoms with Gasteiger partial charge < -0.3 is 21.3 Å². The van der Waals surface area contributed by atoms with Crippen molar-refractivity contribution in [2.45, 2.75) is 25.9 Å². The van der Waals surface area contributed by atoms with Gasteiger partial charge in [0.2, 0.25) is 11.8 Å². The van der Waals surface area contributed by atoms with Crippen LogP contribution in [0, 0.1) is 5.41 Å². The number of carbonyl (C=O) groups excluding carboxylic acids is 2. The monoisotopic (exact) mass is 415 g/mol. The van der Waals surface area contributed by atoms with Crippen LogP contribution >= 0.6 is 12.4 Å². The van der Waals surface area contributed by atoms with Crippen LogP contribution in [0.3, 0.4) is 0 Å². The molecule has 1 aliphatic heterocycles. The minimum atomic E-state index is -0.530. The maximum atomic E-state index is 12.5. The van der Waals surface area contributed by atoms with Crippen molar-refractivity contribution in [2.24, 2.45) is 5.73 Å². The molecule has 8 heteroatoms. The molecular weight excluding hydrogens is 390 g/mol. The van der Waals surface area contributed by atoms with E-state index < -0.39 is 6.04 Å². The van der Waals surface area contributed by atoms with Gasteiger partial charge >= 0.3 is 0 Å². The zero-order chi connectivity index (χ0) is 20.1. The van der Waals surface area contributed by atoms with Gasteiger partial charge in [-0.3, -0.25) is 15.0 Å². The van der Waals surface area contributed by atoms with Crippen LogP contribution in [0.2, 0.25) is 0 Å². The number of nitrogens with zero attached hydrogens (tertiary/aromatic N) is 1. The van der Waals surface area contributed by atoms with Crippen molar-refractivity contribution in [3.05, 3.63) is 65.2 Å². The summed E-state index contributed by atoms with van der Waals surface area (Å²) < 4.78 is 0. The summed E-state index contributed by atoms with van der Waals surface area (Å²) in [5.41, 5.74) is 9.20. The number of nitrogen functional groups attached to an aromatic ring is 1. The quantitative estimate of drug-likeness (QED) is 0.426. The Morgan fingerprint density at radius 3 is 2.62 bits per heavy atom. The molecule has 0 fully saturated rings. The smallest absolute Gasteiger partial charge is 0.242 e. The summed E-state index contributed by atoms with van der Waals surface area (Å²) in [7, 11) is 0. The molecule has 2 amide bonds. The van der Waals surface area contributed by atoms with Gasteiger partial charge in [0.05, 0.1) is 6.54 Å². The van der Waals surface area contributed by atoms with E-state index in [2.05, 4.69) is 16.7 Å². The van der Waals surface area contributed by atoms with Crippen LogP contribution in [0.15, 0.2) is 48.5 Å². The molecule has 29 heavy (non-hydrogen) atoms. The van der Waals surface area contributed by atoms with Crippen molar-refractivity contribution in [3.8, 4) is 0 Å². The van der Waals surface area contributed by atoms with E-state index in [9.17, 15) is 9.59 Å². The normalized spacial score (nSPS) is 13.5. The molecule has 0 radical (unpaired) electrons. The van der Waals surface area contributed by atoms with Gasteiger partial charge in [0.25, 0.3) is 0 Å². The van der Waals surface area contributed by atoms with Crippen molar-refractivity contribution in [1.29, 1.82) is 5.41 Å². The lowest BCUT2D eigenvalue weighted by Crippen LogP contribution is -2.45. The number of fused-ring (bicyclic) bond motifs is 1. The Morgan fingerprint density at radius 1 is 1.17 bits per heavy atom. The molecule has 0 bridgehead atoms. The third kappa shape index (κ3) is 5.71. The second-order valence-electron chi connectivity index (χ2n) is 6.91. The summed E-state index contributed by atoms with van der Waals surface area (Å²) in [6.45, 7) is 2.94. The standard InChI is InChI=1S/C21H25N5O2.ClH/c1-14(25-18-8-4-7-16(11-18)20(22)23)21(28)24-12-19(27)26-10-9-15-5-2-3-6-17(15)13-26;/h2-8,11,14,25H,9-10,12-13H2,1H3,(H3,22,23)(H,24,28);1H. The van der Waals surface area contributed by atoms with Gasteiger partial charge in [0.15, 0.2) is 0 Å². The first-order valence-electron chi connectivity index (χ1n) is 9.27. The zero-order valence-electron chi connectivity index (χ0n) is 16.3. The van der Waals surface area contributed by atoms with Crippen molar-refractivity contribution < 1.29 is 9.59 Å². The van der Waals surface area contributed by atoms with Crippen LogP contribution in [-0.2, 0) is 22.6 Å². The highest BCUT2D eigenvalue weighted by atomic mass is 35.5. The molecule has 2 aromatic rings. The number of benzene rings is 2. The molecule has 3 rings (SSSR count). The molecule has 0 aliphatic carbocycles. The van der Waals surface area contributed by atoms with Gasteiger partial charge in [-0.2, -0.15) is 0 Å². The van der Waals surface area contributed by atoms with E-state index >= 15 is 0 Å². The van der Waals surface area contributed by atoms with Crippen molar-refractivity contribution in [1.82, 2.24) is 10.2 Å². The molecular formula is C21H26ClN5O2. The Bertz CT molecular complexity index is 902. The number of rotatable bonds is 6. The van der Waals surface area contributed by atoms with Gasteiger partial charge in [0.1, 0.15) is 11.9 Å². The number of hydrogen-bond donors (Lipinski definition) is 4. The number of nitrogens with two attached hydrogens (primary N) is 1. The van der Waals surface area contributed by atoms with E-state index in [1.54, 1.807) is 36.1 Å². The summed E-state index contributed by atoms with van der Waals surface area (Å²) in [4.78, 5) is 26.6. The third-order valence-corrected chi connectivity index (χ3v) is 4.85. The van der Waals surface area contributed by atoms with Crippen LogP contribution in [0.1, 0.15) is 23.6 Å². The SMILES string of the molecule is CC(Nc1cccc(C(=N)N)c1)C(=O)NCC(=O)N1CCc2ccccc2C1.Cl. The first kappa shape index (κ1) is 22.2. The molecule has 7 nitrogen and oxygen atoms in total. The molecule has 2 aromatic carbocycles. The number of anilines is 1. The van der Waals surface area contributed by atoms with Crippen LogP contribution in [0.5, 0.6) is 0 Å². The van der Waals surface area contributed by atoms with E-state index in [1.165, 1.54) is 5.56 Å². The highest BCUT2D eigenvalue weighted by Crippen LogP contribution is 2.18. The molecule has 154 valence electrons. The fourth-order valence-electron chi connectivity index (χ4n) is 3.23. The summed E-state index contributed by atoms with van der Waals surface area (Å²) >= 11 is 0. The van der Waals surface area contributed by atoms with Gasteiger partial charge in [-0.15, -0.1) is 12.4 Å². The van der Waals surface area contributed by atoms with Gasteiger partial charge in [-0.25, -0.2) is 0 Å². The summed E-state index contributed by atoms with van der Waals surface area (Å²) in [6, 6.07) is 14.6. The van der Waals surface area contributed by atoms with Gasteiger partial charge in [0, 0.05) is 24.3 Å². The van der Waals surface area contributed by atoms with E-state index in [0.717, 1.165) is 12.0 Å². The van der Waals surface area contributed by atoms with Crippen molar-refractivity contribution >= 4 is 35.7 Å². The number of halogens is 1. The van der Waals surface area contributed by atoms with E-state index in [1.807, 2.05) is 18.2 Å². The molecule has 1 aliphatic rings. The second-order valence-corrected chi connectivity index (χ2v) is 6.91. The number of hydrogen-bond acceptors (Lipinski definition) is 4. The largest absolute Gasteiger partial charge is 0.384 e. The van der Waals surface area contributed by atoms with Crippen LogP contribution < -0.4 is 16.4 Å². The fourth-order valence-corrected chi connectivity index (χ4v) is 3.23. The Labute approximate surface area is 176 Å². The van der Waals surface area contributed by atoms with E-state index in [-0.39, 0.29) is 36.6 Å². The molecule has 0 aromatic heterocycles. The lowest BCUT2D eigenvalue weighted by molar-refractivity contribution is -0.133. The summed E-state index contributed by atoms with van der Waals surface area (Å²) in [6.07, 6.45) is 0.834. The van der Waals surface area contributed by atoms with E-state index in [0.29, 0.717) is 24.3 Å². The maximum Gasteiger partial charge on any atom is 0.242 e. The first-order chi connectivity index (χ1) is 13.4. The predicted molar refractivity (Wildman–Crippen MR) is 116 cm³/mol. The molecule has 0 saturated carbocycles. The highest BCUT2D eigenvalue weighted by Gasteiger charge is 2.21. The van der Waals surface area contributed by atoms with Crippen LogP contribution in [0.4, 0.5) is 5.69 Å². The number of amides is 2. The van der Waals surface area contributed by atoms with E-state index in [4.69, 9.17) is 11.1 Å². The Balaban J connectivity index is 0.00000300. The van der Waals surface area contributed by atoms with Gasteiger partial charge in [-0.1, -0.05) is 36.4 Å². The summed E-state index contributed by atoms with van der Waals surface area (Å²) in [5, 5.41) is 13.2. The lowest BCUT2D eigenvalue weighted by Gasteiger charge is -2.29. The van der Waals surface area contributed by atoms with Crippen LogP contribution in [0.25, 0.3) is 0 Å². The minimum absolute atomic E-state index is 0. The highest BCUT2D eigenvalue weighted by molar-refractivity contribution is 5.96. The molecule has 1 heterocycles. The number of amidine groups is 1. The molecule has 1 atom stereocenters. The maximum absolute atomic E-state index is 12.5. The second kappa shape index (κ2) is 9.93. The average molecular weight is 416 g/mol. The third-order valence-electron chi connectivity index (χ3n) is 4.85. The van der Waals surface area contributed by atoms with Crippen molar-refractivity contribution in [3.63, 3.8) is 0 Å². The summed E-state index contributed by atoms with van der Waals surface area (Å²) in [5.74, 6) is -0.387. The molecule has 0 spiro atoms. The fraction of sp³-hybridized carbons (Fsp3) is 0.286. The Morgan fingerprint density at radius 2 is 1.90 bits per heavy atom. The topological polar surface area (TPSA) is 111 Å². The predicted octanol–water partition coefficient (Wildman–Crippen LogP) is 1.89. The molecule has 0 saturated heterocycles. The minimum Gasteiger partial charge on any atom is -0.384 e.